The summed E-state index contributed by atoms with van der Waals surface area (Å²) < 4.78 is 6.67. The van der Waals surface area contributed by atoms with E-state index in [1.807, 2.05) is 76.2 Å². The number of hydrogen-bond donors (Lipinski definition) is 1. The van der Waals surface area contributed by atoms with E-state index >= 15 is 0 Å². The number of hydrogen-bond acceptors (Lipinski definition) is 6. The second kappa shape index (κ2) is 9.82. The molecule has 6 nitrogen and oxygen atoms in total. The summed E-state index contributed by atoms with van der Waals surface area (Å²) in [5, 5.41) is 11.7. The molecule has 1 aromatic heterocycles. The molecule has 2 heterocycles. The average Bonchev–Trinajstić information content (AvgIpc) is 3.41. The molecule has 1 aliphatic heterocycles. The highest BCUT2D eigenvalue weighted by molar-refractivity contribution is 7.22. The number of rotatable bonds is 6. The Bertz CT molecular complexity index is 1530. The minimum Gasteiger partial charge on any atom is -0.507 e. The number of carbonyl (C=O) groups excluding carboxylic acids is 2. The summed E-state index contributed by atoms with van der Waals surface area (Å²) in [6.07, 6.45) is 0.884. The first-order valence-electron chi connectivity index (χ1n) is 12.3. The topological polar surface area (TPSA) is 79.7 Å². The van der Waals surface area contributed by atoms with Gasteiger partial charge in [0.25, 0.3) is 5.78 Å². The molecule has 0 radical (unpaired) electrons. The standard InChI is InChI=1S/C30H28N2O4S/c1-5-14-36-22-12-10-20(11-13-22)26-24(27(33)21-8-6-17(2)7-9-21)28(34)29(35)32(26)30-31-25-19(4)15-18(3)16-23(25)37-30/h6-13,15-16,26,33H,5,14H2,1-4H3. The van der Waals surface area contributed by atoms with Crippen LogP contribution in [0.1, 0.15) is 47.2 Å². The number of nitrogens with zero attached hydrogens (tertiary/aromatic N) is 2. The number of Topliss-reactive ketones (excluding diaryl/α,β-unsaturated/α-hetero) is 1. The summed E-state index contributed by atoms with van der Waals surface area (Å²) in [5.74, 6) is -0.947. The van der Waals surface area contributed by atoms with Crippen LogP contribution >= 0.6 is 11.3 Å². The fourth-order valence-electron chi connectivity index (χ4n) is 4.64. The van der Waals surface area contributed by atoms with E-state index in [1.165, 1.54) is 16.2 Å². The SMILES string of the molecule is CCCOc1ccc(C2C(=C(O)c3ccc(C)cc3)C(=O)C(=O)N2c2nc3c(C)cc(C)cc3s2)cc1. The van der Waals surface area contributed by atoms with E-state index in [4.69, 9.17) is 9.72 Å². The van der Waals surface area contributed by atoms with Crippen molar-refractivity contribution in [3.63, 3.8) is 0 Å². The Morgan fingerprint density at radius 3 is 2.38 bits per heavy atom. The van der Waals surface area contributed by atoms with E-state index in [2.05, 4.69) is 0 Å². The van der Waals surface area contributed by atoms with Crippen LogP contribution in [0.2, 0.25) is 0 Å². The van der Waals surface area contributed by atoms with Gasteiger partial charge in [0, 0.05) is 5.56 Å². The molecule has 3 aromatic carbocycles. The molecule has 0 aliphatic carbocycles. The van der Waals surface area contributed by atoms with Gasteiger partial charge in [0.05, 0.1) is 28.4 Å². The fraction of sp³-hybridized carbons (Fsp3) is 0.233. The smallest absolute Gasteiger partial charge is 0.301 e. The Hall–Kier alpha value is -3.97. The third kappa shape index (κ3) is 4.51. The monoisotopic (exact) mass is 512 g/mol. The van der Waals surface area contributed by atoms with E-state index in [0.717, 1.165) is 33.3 Å². The number of fused-ring (bicyclic) bond motifs is 1. The zero-order chi connectivity index (χ0) is 26.3. The molecule has 1 saturated heterocycles. The summed E-state index contributed by atoms with van der Waals surface area (Å²) in [4.78, 5) is 33.1. The molecule has 5 rings (SSSR count). The fourth-order valence-corrected chi connectivity index (χ4v) is 5.81. The Morgan fingerprint density at radius 1 is 1.00 bits per heavy atom. The lowest BCUT2D eigenvalue weighted by molar-refractivity contribution is -0.132. The molecule has 1 fully saturated rings. The zero-order valence-corrected chi connectivity index (χ0v) is 22.1. The Labute approximate surface area is 219 Å². The second-order valence-corrected chi connectivity index (χ2v) is 10.4. The Kier molecular flexibility index (Phi) is 6.56. The molecule has 1 amide bonds. The average molecular weight is 513 g/mol. The maximum atomic E-state index is 13.5. The first-order chi connectivity index (χ1) is 17.8. The molecular weight excluding hydrogens is 484 g/mol. The highest BCUT2D eigenvalue weighted by atomic mass is 32.1. The molecule has 0 saturated carbocycles. The van der Waals surface area contributed by atoms with Gasteiger partial charge in [-0.3, -0.25) is 14.5 Å². The van der Waals surface area contributed by atoms with E-state index in [1.54, 1.807) is 12.1 Å². The van der Waals surface area contributed by atoms with E-state index in [9.17, 15) is 14.7 Å². The molecule has 4 aromatic rings. The number of ketones is 1. The van der Waals surface area contributed by atoms with E-state index in [0.29, 0.717) is 28.6 Å². The van der Waals surface area contributed by atoms with Crippen molar-refractivity contribution in [1.29, 1.82) is 0 Å². The number of amides is 1. The van der Waals surface area contributed by atoms with Crippen LogP contribution in [0, 0.1) is 20.8 Å². The molecule has 1 N–H and O–H groups in total. The van der Waals surface area contributed by atoms with Crippen molar-refractivity contribution >= 4 is 44.1 Å². The van der Waals surface area contributed by atoms with Gasteiger partial charge < -0.3 is 9.84 Å². The Morgan fingerprint density at radius 2 is 1.70 bits per heavy atom. The van der Waals surface area contributed by atoms with Crippen molar-refractivity contribution in [2.75, 3.05) is 11.5 Å². The number of aromatic nitrogens is 1. The van der Waals surface area contributed by atoms with Gasteiger partial charge in [0.2, 0.25) is 0 Å². The van der Waals surface area contributed by atoms with Crippen LogP contribution in [-0.4, -0.2) is 28.4 Å². The largest absolute Gasteiger partial charge is 0.507 e. The molecule has 7 heteroatoms. The molecule has 188 valence electrons. The molecule has 1 atom stereocenters. The predicted octanol–water partition coefficient (Wildman–Crippen LogP) is 6.64. The molecule has 37 heavy (non-hydrogen) atoms. The highest BCUT2D eigenvalue weighted by Crippen LogP contribution is 2.45. The lowest BCUT2D eigenvalue weighted by Gasteiger charge is -2.23. The van der Waals surface area contributed by atoms with Gasteiger partial charge in [-0.05, 0) is 62.1 Å². The van der Waals surface area contributed by atoms with Crippen LogP contribution in [0.5, 0.6) is 5.75 Å². The van der Waals surface area contributed by atoms with E-state index < -0.39 is 17.7 Å². The quantitative estimate of drug-likeness (QED) is 0.178. The molecule has 1 aliphatic rings. The van der Waals surface area contributed by atoms with Crippen LogP contribution in [0.3, 0.4) is 0 Å². The maximum Gasteiger partial charge on any atom is 0.301 e. The van der Waals surface area contributed by atoms with Crippen LogP contribution in [0.15, 0.2) is 66.2 Å². The number of thiazole rings is 1. The number of anilines is 1. The Balaban J connectivity index is 1.68. The summed E-state index contributed by atoms with van der Waals surface area (Å²) in [6.45, 7) is 8.57. The third-order valence-electron chi connectivity index (χ3n) is 6.46. The van der Waals surface area contributed by atoms with Gasteiger partial charge in [-0.2, -0.15) is 0 Å². The van der Waals surface area contributed by atoms with Crippen molar-refractivity contribution in [2.24, 2.45) is 0 Å². The summed E-state index contributed by atoms with van der Waals surface area (Å²) in [6, 6.07) is 17.8. The number of aliphatic hydroxyl groups is 1. The highest BCUT2D eigenvalue weighted by Gasteiger charge is 2.48. The maximum absolute atomic E-state index is 13.5. The van der Waals surface area contributed by atoms with Crippen molar-refractivity contribution in [3.8, 4) is 5.75 Å². The predicted molar refractivity (Wildman–Crippen MR) is 147 cm³/mol. The van der Waals surface area contributed by atoms with Crippen molar-refractivity contribution < 1.29 is 19.4 Å². The summed E-state index contributed by atoms with van der Waals surface area (Å²) in [5.41, 5.74) is 5.13. The summed E-state index contributed by atoms with van der Waals surface area (Å²) in [7, 11) is 0. The minimum absolute atomic E-state index is 0.0447. The van der Waals surface area contributed by atoms with Gasteiger partial charge in [0.15, 0.2) is 5.13 Å². The van der Waals surface area contributed by atoms with Gasteiger partial charge in [0.1, 0.15) is 11.5 Å². The van der Waals surface area contributed by atoms with Crippen molar-refractivity contribution in [1.82, 2.24) is 4.98 Å². The number of benzene rings is 3. The normalized spacial score (nSPS) is 17.1. The van der Waals surface area contributed by atoms with Crippen LogP contribution in [0.25, 0.3) is 16.0 Å². The van der Waals surface area contributed by atoms with Gasteiger partial charge in [-0.1, -0.05) is 66.3 Å². The molecular formula is C30H28N2O4S. The number of ether oxygens (including phenoxy) is 1. The van der Waals surface area contributed by atoms with Crippen LogP contribution < -0.4 is 9.64 Å². The first kappa shape index (κ1) is 24.7. The van der Waals surface area contributed by atoms with Gasteiger partial charge in [-0.15, -0.1) is 0 Å². The number of aryl methyl sites for hydroxylation is 3. The van der Waals surface area contributed by atoms with Crippen LogP contribution in [-0.2, 0) is 9.59 Å². The third-order valence-corrected chi connectivity index (χ3v) is 7.46. The number of carbonyl (C=O) groups is 2. The van der Waals surface area contributed by atoms with E-state index in [-0.39, 0.29) is 11.3 Å². The van der Waals surface area contributed by atoms with Crippen LogP contribution in [0.4, 0.5) is 5.13 Å². The molecule has 1 unspecified atom stereocenters. The minimum atomic E-state index is -0.830. The zero-order valence-electron chi connectivity index (χ0n) is 21.2. The van der Waals surface area contributed by atoms with Crippen molar-refractivity contribution in [3.05, 3.63) is 94.1 Å². The lowest BCUT2D eigenvalue weighted by atomic mass is 9.95. The number of aliphatic hydroxyl groups excluding tert-OH is 1. The van der Waals surface area contributed by atoms with Crippen molar-refractivity contribution in [2.45, 2.75) is 40.2 Å². The summed E-state index contributed by atoms with van der Waals surface area (Å²) >= 11 is 1.37. The first-order valence-corrected chi connectivity index (χ1v) is 13.1. The lowest BCUT2D eigenvalue weighted by Crippen LogP contribution is -2.29. The van der Waals surface area contributed by atoms with Gasteiger partial charge in [-0.25, -0.2) is 4.98 Å². The van der Waals surface area contributed by atoms with Gasteiger partial charge >= 0.3 is 5.91 Å². The molecule has 0 bridgehead atoms. The second-order valence-electron chi connectivity index (χ2n) is 9.38. The molecule has 0 spiro atoms.